The topological polar surface area (TPSA) is 55.1 Å². The Bertz CT molecular complexity index is 463. The summed E-state index contributed by atoms with van der Waals surface area (Å²) in [5.74, 6) is 0.259. The highest BCUT2D eigenvalue weighted by atomic mass is 35.5. The predicted molar refractivity (Wildman–Crippen MR) is 80.8 cm³/mol. The minimum absolute atomic E-state index is 0.188. The Morgan fingerprint density at radius 1 is 1.37 bits per heavy atom. The molecule has 0 heterocycles. The Kier molecular flexibility index (Phi) is 5.65. The number of rotatable bonds is 5. The van der Waals surface area contributed by atoms with Gasteiger partial charge >= 0.3 is 0 Å². The maximum Gasteiger partial charge on any atom is 0.251 e. The first-order valence-electron chi connectivity index (χ1n) is 6.25. The van der Waals surface area contributed by atoms with Crippen molar-refractivity contribution in [3.63, 3.8) is 0 Å². The van der Waals surface area contributed by atoms with Crippen molar-refractivity contribution in [2.45, 2.75) is 32.7 Å². The molecule has 1 aromatic carbocycles. The van der Waals surface area contributed by atoms with E-state index in [1.165, 1.54) is 0 Å². The van der Waals surface area contributed by atoms with E-state index in [9.17, 15) is 4.79 Å². The minimum atomic E-state index is -0.419. The van der Waals surface area contributed by atoms with Crippen LogP contribution < -0.4 is 11.1 Å². The molecule has 0 aliphatic heterocycles. The highest BCUT2D eigenvalue weighted by Gasteiger charge is 2.26. The lowest BCUT2D eigenvalue weighted by Crippen LogP contribution is -2.52. The molecule has 0 bridgehead atoms. The number of hydrogen-bond donors (Lipinski definition) is 2. The summed E-state index contributed by atoms with van der Waals surface area (Å²) in [5.41, 5.74) is 5.84. The van der Waals surface area contributed by atoms with Crippen LogP contribution in [0.4, 0.5) is 0 Å². The molecule has 0 aromatic heterocycles. The zero-order chi connectivity index (χ0) is 14.6. The van der Waals surface area contributed by atoms with Crippen LogP contribution in [0.15, 0.2) is 18.2 Å². The third-order valence-corrected chi connectivity index (χ3v) is 3.65. The second-order valence-corrected chi connectivity index (χ2v) is 6.26. The van der Waals surface area contributed by atoms with E-state index in [0.29, 0.717) is 28.1 Å². The summed E-state index contributed by atoms with van der Waals surface area (Å²) in [7, 11) is 0. The summed E-state index contributed by atoms with van der Waals surface area (Å²) < 4.78 is 0. The van der Waals surface area contributed by atoms with Crippen LogP contribution in [0, 0.1) is 5.92 Å². The average Bonchev–Trinajstić information content (AvgIpc) is 2.31. The summed E-state index contributed by atoms with van der Waals surface area (Å²) in [6.07, 6.45) is 0.816. The molecule has 1 atom stereocenters. The van der Waals surface area contributed by atoms with E-state index in [1.807, 2.05) is 6.92 Å². The maximum atomic E-state index is 12.2. The zero-order valence-electron chi connectivity index (χ0n) is 11.5. The fourth-order valence-corrected chi connectivity index (χ4v) is 2.37. The van der Waals surface area contributed by atoms with Gasteiger partial charge in [-0.15, -0.1) is 0 Å². The number of nitrogens with two attached hydrogens (primary N) is 1. The smallest absolute Gasteiger partial charge is 0.251 e. The summed E-state index contributed by atoms with van der Waals surface area (Å²) in [6, 6.07) is 4.82. The minimum Gasteiger partial charge on any atom is -0.346 e. The molecule has 1 unspecified atom stereocenters. The second-order valence-electron chi connectivity index (χ2n) is 5.45. The molecule has 0 fully saturated rings. The van der Waals surface area contributed by atoms with Gasteiger partial charge in [0.2, 0.25) is 0 Å². The van der Waals surface area contributed by atoms with Crippen LogP contribution in [0.25, 0.3) is 0 Å². The van der Waals surface area contributed by atoms with E-state index in [-0.39, 0.29) is 5.91 Å². The molecule has 0 saturated carbocycles. The quantitative estimate of drug-likeness (QED) is 0.875. The fourth-order valence-electron chi connectivity index (χ4n) is 2.07. The van der Waals surface area contributed by atoms with Gasteiger partial charge in [0.05, 0.1) is 10.0 Å². The number of nitrogens with one attached hydrogen (secondary N) is 1. The fraction of sp³-hybridized carbons (Fsp3) is 0.500. The lowest BCUT2D eigenvalue weighted by molar-refractivity contribution is 0.0898. The number of carbonyl (C=O) groups excluding carboxylic acids is 1. The highest BCUT2D eigenvalue weighted by Crippen LogP contribution is 2.23. The van der Waals surface area contributed by atoms with Crippen molar-refractivity contribution in [1.29, 1.82) is 0 Å². The van der Waals surface area contributed by atoms with Crippen molar-refractivity contribution in [2.24, 2.45) is 11.7 Å². The number of halogens is 2. The molecular weight excluding hydrogens is 283 g/mol. The third kappa shape index (κ3) is 4.68. The molecule has 19 heavy (non-hydrogen) atoms. The van der Waals surface area contributed by atoms with E-state index in [4.69, 9.17) is 28.9 Å². The summed E-state index contributed by atoms with van der Waals surface area (Å²) in [4.78, 5) is 12.2. The first-order valence-corrected chi connectivity index (χ1v) is 7.00. The molecule has 5 heteroatoms. The second kappa shape index (κ2) is 6.60. The molecule has 1 amide bonds. The van der Waals surface area contributed by atoms with Gasteiger partial charge in [-0.2, -0.15) is 0 Å². The monoisotopic (exact) mass is 302 g/mol. The van der Waals surface area contributed by atoms with E-state index < -0.39 is 5.54 Å². The van der Waals surface area contributed by atoms with Crippen molar-refractivity contribution >= 4 is 29.1 Å². The van der Waals surface area contributed by atoms with Gasteiger partial charge in [0.25, 0.3) is 5.91 Å². The van der Waals surface area contributed by atoms with Gasteiger partial charge in [-0.05, 0) is 37.5 Å². The molecule has 3 nitrogen and oxygen atoms in total. The first kappa shape index (κ1) is 16.3. The molecule has 0 spiro atoms. The van der Waals surface area contributed by atoms with Crippen LogP contribution in [-0.2, 0) is 0 Å². The molecule has 1 aromatic rings. The van der Waals surface area contributed by atoms with Gasteiger partial charge in [-0.25, -0.2) is 0 Å². The molecular formula is C14H20Cl2N2O. The van der Waals surface area contributed by atoms with Crippen LogP contribution in [0.1, 0.15) is 37.6 Å². The normalized spacial score (nSPS) is 14.3. The average molecular weight is 303 g/mol. The molecule has 3 N–H and O–H groups in total. The lowest BCUT2D eigenvalue weighted by atomic mass is 9.90. The number of benzene rings is 1. The van der Waals surface area contributed by atoms with Crippen molar-refractivity contribution in [1.82, 2.24) is 5.32 Å². The SMILES string of the molecule is CC(C)CC(C)(CN)NC(=O)c1ccc(Cl)c(Cl)c1. The summed E-state index contributed by atoms with van der Waals surface area (Å²) in [6.45, 7) is 6.53. The van der Waals surface area contributed by atoms with Gasteiger partial charge in [0.15, 0.2) is 0 Å². The number of amides is 1. The summed E-state index contributed by atoms with van der Waals surface area (Å²) in [5, 5.41) is 3.77. The van der Waals surface area contributed by atoms with E-state index in [1.54, 1.807) is 18.2 Å². The Balaban J connectivity index is 2.85. The molecule has 0 saturated heterocycles. The van der Waals surface area contributed by atoms with Crippen molar-refractivity contribution < 1.29 is 4.79 Å². The standard InChI is InChI=1S/C14H20Cl2N2O/c1-9(2)7-14(3,8-17)18-13(19)10-4-5-11(15)12(16)6-10/h4-6,9H,7-8,17H2,1-3H3,(H,18,19). The largest absolute Gasteiger partial charge is 0.346 e. The van der Waals surface area contributed by atoms with E-state index in [0.717, 1.165) is 6.42 Å². The Hall–Kier alpha value is -0.770. The van der Waals surface area contributed by atoms with Crippen LogP contribution >= 0.6 is 23.2 Å². The molecule has 0 aliphatic rings. The van der Waals surface area contributed by atoms with Gasteiger partial charge in [0, 0.05) is 17.6 Å². The number of carbonyl (C=O) groups is 1. The highest BCUT2D eigenvalue weighted by molar-refractivity contribution is 6.42. The molecule has 0 aliphatic carbocycles. The Morgan fingerprint density at radius 2 is 2.00 bits per heavy atom. The van der Waals surface area contributed by atoms with Gasteiger partial charge in [-0.1, -0.05) is 37.0 Å². The third-order valence-electron chi connectivity index (χ3n) is 2.91. The van der Waals surface area contributed by atoms with Crippen LogP contribution in [0.3, 0.4) is 0 Å². The van der Waals surface area contributed by atoms with Gasteiger partial charge in [0.1, 0.15) is 0 Å². The lowest BCUT2D eigenvalue weighted by Gasteiger charge is -2.31. The van der Waals surface area contributed by atoms with Crippen molar-refractivity contribution in [3.05, 3.63) is 33.8 Å². The predicted octanol–water partition coefficient (Wildman–Crippen LogP) is 3.49. The maximum absolute atomic E-state index is 12.2. The van der Waals surface area contributed by atoms with E-state index in [2.05, 4.69) is 19.2 Å². The molecule has 1 rings (SSSR count). The molecule has 106 valence electrons. The zero-order valence-corrected chi connectivity index (χ0v) is 13.0. The van der Waals surface area contributed by atoms with Gasteiger partial charge in [-0.3, -0.25) is 4.79 Å². The summed E-state index contributed by atoms with van der Waals surface area (Å²) >= 11 is 11.7. The first-order chi connectivity index (χ1) is 8.77. The van der Waals surface area contributed by atoms with Crippen LogP contribution in [-0.4, -0.2) is 18.0 Å². The van der Waals surface area contributed by atoms with Crippen molar-refractivity contribution in [2.75, 3.05) is 6.54 Å². The van der Waals surface area contributed by atoms with E-state index >= 15 is 0 Å². The Morgan fingerprint density at radius 3 is 2.47 bits per heavy atom. The molecule has 0 radical (unpaired) electrons. The van der Waals surface area contributed by atoms with Crippen molar-refractivity contribution in [3.8, 4) is 0 Å². The Labute approximate surface area is 124 Å². The van der Waals surface area contributed by atoms with Crippen LogP contribution in [0.5, 0.6) is 0 Å². The van der Waals surface area contributed by atoms with Crippen LogP contribution in [0.2, 0.25) is 10.0 Å². The number of hydrogen-bond acceptors (Lipinski definition) is 2. The van der Waals surface area contributed by atoms with Gasteiger partial charge < -0.3 is 11.1 Å².